The highest BCUT2D eigenvalue weighted by Crippen LogP contribution is 2.34. The first-order valence-corrected chi connectivity index (χ1v) is 5.05. The van der Waals surface area contributed by atoms with Crippen LogP contribution in [0, 0.1) is 11.9 Å². The van der Waals surface area contributed by atoms with Crippen LogP contribution >= 0.6 is 23.2 Å². The summed E-state index contributed by atoms with van der Waals surface area (Å²) in [5, 5.41) is 0.980. The molecule has 0 aliphatic heterocycles. The Morgan fingerprint density at radius 2 is 1.73 bits per heavy atom. The van der Waals surface area contributed by atoms with Crippen LogP contribution in [0.25, 0.3) is 11.1 Å². The molecule has 0 heterocycles. The Kier molecular flexibility index (Phi) is 2.94. The van der Waals surface area contributed by atoms with Crippen LogP contribution in [-0.4, -0.2) is 0 Å². The zero-order chi connectivity index (χ0) is 10.8. The highest BCUT2D eigenvalue weighted by Gasteiger charge is 2.08. The number of hydrogen-bond donors (Lipinski definition) is 0. The molecular weight excluding hydrogens is 234 g/mol. The van der Waals surface area contributed by atoms with Crippen LogP contribution < -0.4 is 0 Å². The second-order valence-corrected chi connectivity index (χ2v) is 3.83. The Morgan fingerprint density at radius 3 is 2.33 bits per heavy atom. The van der Waals surface area contributed by atoms with Crippen LogP contribution in [0.4, 0.5) is 4.39 Å². The highest BCUT2D eigenvalue weighted by atomic mass is 35.5. The second-order valence-electron chi connectivity index (χ2n) is 3.02. The number of hydrogen-bond acceptors (Lipinski definition) is 0. The van der Waals surface area contributed by atoms with Crippen molar-refractivity contribution < 1.29 is 4.39 Å². The van der Waals surface area contributed by atoms with Crippen molar-refractivity contribution in [1.82, 2.24) is 0 Å². The van der Waals surface area contributed by atoms with Crippen molar-refractivity contribution in [3.05, 3.63) is 58.3 Å². The minimum Gasteiger partial charge on any atom is -0.207 e. The van der Waals surface area contributed by atoms with Crippen molar-refractivity contribution in [3.8, 4) is 11.1 Å². The molecule has 0 bridgehead atoms. The maximum atomic E-state index is 13.0. The van der Waals surface area contributed by atoms with Gasteiger partial charge in [-0.1, -0.05) is 35.3 Å². The van der Waals surface area contributed by atoms with E-state index in [1.807, 2.05) is 0 Å². The molecular formula is C12H6Cl2F. The summed E-state index contributed by atoms with van der Waals surface area (Å²) >= 11 is 12.0. The van der Waals surface area contributed by atoms with E-state index in [-0.39, 0.29) is 5.82 Å². The van der Waals surface area contributed by atoms with E-state index in [1.165, 1.54) is 18.2 Å². The fraction of sp³-hybridized carbons (Fsp3) is 0. The Labute approximate surface area is 97.3 Å². The van der Waals surface area contributed by atoms with Gasteiger partial charge in [0, 0.05) is 15.6 Å². The molecule has 0 N–H and O–H groups in total. The zero-order valence-corrected chi connectivity index (χ0v) is 9.11. The van der Waals surface area contributed by atoms with Gasteiger partial charge >= 0.3 is 0 Å². The molecule has 0 unspecified atom stereocenters. The molecule has 2 rings (SSSR count). The highest BCUT2D eigenvalue weighted by molar-refractivity contribution is 6.39. The van der Waals surface area contributed by atoms with Gasteiger partial charge < -0.3 is 0 Å². The van der Waals surface area contributed by atoms with Gasteiger partial charge in [-0.2, -0.15) is 0 Å². The Morgan fingerprint density at radius 1 is 1.07 bits per heavy atom. The molecule has 0 aromatic heterocycles. The summed E-state index contributed by atoms with van der Waals surface area (Å²) in [6.45, 7) is 0. The van der Waals surface area contributed by atoms with Crippen LogP contribution in [0.15, 0.2) is 36.4 Å². The SMILES string of the molecule is Fc1cc[c]c(-c2c(Cl)cccc2Cl)c1. The number of halogens is 3. The van der Waals surface area contributed by atoms with Crippen molar-refractivity contribution >= 4 is 23.2 Å². The van der Waals surface area contributed by atoms with Crippen molar-refractivity contribution in [3.63, 3.8) is 0 Å². The minimum atomic E-state index is -0.334. The molecule has 0 fully saturated rings. The normalized spacial score (nSPS) is 10.3. The molecule has 2 aromatic rings. The van der Waals surface area contributed by atoms with Gasteiger partial charge in [0.1, 0.15) is 5.82 Å². The van der Waals surface area contributed by atoms with Crippen LogP contribution in [0.2, 0.25) is 10.0 Å². The second kappa shape index (κ2) is 4.21. The first-order chi connectivity index (χ1) is 7.18. The summed E-state index contributed by atoms with van der Waals surface area (Å²) in [7, 11) is 0. The topological polar surface area (TPSA) is 0 Å². The largest absolute Gasteiger partial charge is 0.207 e. The van der Waals surface area contributed by atoms with E-state index in [4.69, 9.17) is 23.2 Å². The van der Waals surface area contributed by atoms with Gasteiger partial charge in [-0.3, -0.25) is 0 Å². The van der Waals surface area contributed by atoms with Gasteiger partial charge in [-0.05, 0) is 35.9 Å². The van der Waals surface area contributed by atoms with Gasteiger partial charge in [0.15, 0.2) is 0 Å². The molecule has 0 spiro atoms. The quantitative estimate of drug-likeness (QED) is 0.683. The van der Waals surface area contributed by atoms with Gasteiger partial charge in [0.25, 0.3) is 0 Å². The molecule has 0 saturated carbocycles. The van der Waals surface area contributed by atoms with E-state index in [2.05, 4.69) is 6.07 Å². The van der Waals surface area contributed by atoms with Crippen molar-refractivity contribution in [2.45, 2.75) is 0 Å². The molecule has 2 aromatic carbocycles. The summed E-state index contributed by atoms with van der Waals surface area (Å²) in [4.78, 5) is 0. The molecule has 1 radical (unpaired) electrons. The molecule has 3 heteroatoms. The lowest BCUT2D eigenvalue weighted by atomic mass is 10.1. The zero-order valence-electron chi connectivity index (χ0n) is 7.60. The predicted octanol–water partition coefficient (Wildman–Crippen LogP) is 4.60. The average Bonchev–Trinajstić information content (AvgIpc) is 2.17. The lowest BCUT2D eigenvalue weighted by Crippen LogP contribution is -1.83. The molecule has 15 heavy (non-hydrogen) atoms. The first-order valence-electron chi connectivity index (χ1n) is 4.30. The third kappa shape index (κ3) is 2.14. The molecule has 75 valence electrons. The van der Waals surface area contributed by atoms with Crippen LogP contribution in [0.5, 0.6) is 0 Å². The first kappa shape index (κ1) is 10.5. The van der Waals surface area contributed by atoms with Crippen LogP contribution in [-0.2, 0) is 0 Å². The summed E-state index contributed by atoms with van der Waals surface area (Å²) < 4.78 is 13.0. The third-order valence-electron chi connectivity index (χ3n) is 2.00. The minimum absolute atomic E-state index is 0.334. The van der Waals surface area contributed by atoms with E-state index in [0.29, 0.717) is 21.2 Å². The fourth-order valence-corrected chi connectivity index (χ4v) is 1.94. The average molecular weight is 240 g/mol. The van der Waals surface area contributed by atoms with Crippen LogP contribution in [0.3, 0.4) is 0 Å². The molecule has 0 aliphatic rings. The third-order valence-corrected chi connectivity index (χ3v) is 2.63. The van der Waals surface area contributed by atoms with Gasteiger partial charge in [0.2, 0.25) is 0 Å². The van der Waals surface area contributed by atoms with E-state index >= 15 is 0 Å². The lowest BCUT2D eigenvalue weighted by molar-refractivity contribution is 0.628. The molecule has 0 aliphatic carbocycles. The predicted molar refractivity (Wildman–Crippen MR) is 60.7 cm³/mol. The standard InChI is InChI=1S/C12H6Cl2F/c13-10-5-2-6-11(14)12(10)8-3-1-4-9(15)7-8/h1-2,4-7H. The number of benzene rings is 2. The van der Waals surface area contributed by atoms with Crippen molar-refractivity contribution in [1.29, 1.82) is 0 Å². The van der Waals surface area contributed by atoms with E-state index in [9.17, 15) is 4.39 Å². The monoisotopic (exact) mass is 239 g/mol. The number of rotatable bonds is 1. The van der Waals surface area contributed by atoms with Gasteiger partial charge in [0.05, 0.1) is 0 Å². The Hall–Kier alpha value is -1.05. The van der Waals surface area contributed by atoms with Crippen molar-refractivity contribution in [2.24, 2.45) is 0 Å². The summed E-state index contributed by atoms with van der Waals surface area (Å²) in [5.74, 6) is -0.334. The Balaban J connectivity index is 2.63. The van der Waals surface area contributed by atoms with E-state index < -0.39 is 0 Å². The smallest absolute Gasteiger partial charge is 0.123 e. The fourth-order valence-electron chi connectivity index (χ4n) is 1.34. The van der Waals surface area contributed by atoms with E-state index in [1.54, 1.807) is 18.2 Å². The van der Waals surface area contributed by atoms with Gasteiger partial charge in [-0.15, -0.1) is 0 Å². The van der Waals surface area contributed by atoms with E-state index in [0.717, 1.165) is 0 Å². The molecule has 0 saturated heterocycles. The summed E-state index contributed by atoms with van der Waals surface area (Å²) in [6, 6.07) is 12.2. The summed E-state index contributed by atoms with van der Waals surface area (Å²) in [5.41, 5.74) is 1.17. The Bertz CT molecular complexity index is 474. The van der Waals surface area contributed by atoms with Crippen molar-refractivity contribution in [2.75, 3.05) is 0 Å². The lowest BCUT2D eigenvalue weighted by Gasteiger charge is -2.06. The molecule has 0 atom stereocenters. The van der Waals surface area contributed by atoms with Crippen LogP contribution in [0.1, 0.15) is 0 Å². The molecule has 0 amide bonds. The maximum Gasteiger partial charge on any atom is 0.123 e. The summed E-state index contributed by atoms with van der Waals surface area (Å²) in [6.07, 6.45) is 0. The maximum absolute atomic E-state index is 13.0. The molecule has 0 nitrogen and oxygen atoms in total. The van der Waals surface area contributed by atoms with Gasteiger partial charge in [-0.25, -0.2) is 4.39 Å².